The highest BCUT2D eigenvalue weighted by atomic mass is 32.2. The maximum absolute atomic E-state index is 10.2. The van der Waals surface area contributed by atoms with E-state index in [4.69, 9.17) is 4.89 Å². The monoisotopic (exact) mass is 215 g/mol. The van der Waals surface area contributed by atoms with Gasteiger partial charge in [0.1, 0.15) is 0 Å². The van der Waals surface area contributed by atoms with Crippen molar-refractivity contribution < 1.29 is 9.46 Å². The van der Waals surface area contributed by atoms with Crippen molar-refractivity contribution in [3.63, 3.8) is 0 Å². The summed E-state index contributed by atoms with van der Waals surface area (Å²) >= 11 is 1.41. The Morgan fingerprint density at radius 1 is 1.46 bits per heavy atom. The summed E-state index contributed by atoms with van der Waals surface area (Å²) < 4.78 is 13.6. The molecule has 13 heavy (non-hydrogen) atoms. The van der Waals surface area contributed by atoms with Gasteiger partial charge < -0.3 is 4.89 Å². The van der Waals surface area contributed by atoms with Gasteiger partial charge in [-0.2, -0.15) is 0 Å². The van der Waals surface area contributed by atoms with Crippen molar-refractivity contribution in [3.8, 4) is 0 Å². The van der Waals surface area contributed by atoms with E-state index in [1.165, 1.54) is 22.9 Å². The molecule has 0 aliphatic rings. The minimum atomic E-state index is -2.69. The van der Waals surface area contributed by atoms with E-state index in [1.54, 1.807) is 0 Å². The average molecular weight is 215 g/mol. The molecule has 0 amide bonds. The van der Waals surface area contributed by atoms with Crippen LogP contribution in [0.1, 0.15) is 5.56 Å². The van der Waals surface area contributed by atoms with Crippen LogP contribution >= 0.6 is 19.9 Å². The highest BCUT2D eigenvalue weighted by Crippen LogP contribution is 2.16. The minimum Gasteiger partial charge on any atom is -0.330 e. The summed E-state index contributed by atoms with van der Waals surface area (Å²) in [5.74, 6) is 0.777. The maximum atomic E-state index is 10.2. The maximum Gasteiger partial charge on any atom is 0.300 e. The third-order valence-electron chi connectivity index (χ3n) is 1.33. The Kier molecular flexibility index (Phi) is 4.83. The number of hydrogen-bond acceptors (Lipinski definition) is 2. The second-order valence-corrected chi connectivity index (χ2v) is 3.97. The molecule has 0 saturated heterocycles. The number of benzene rings is 1. The molecule has 1 atom stereocenters. The lowest BCUT2D eigenvalue weighted by atomic mass is 10.2. The molecule has 1 aromatic rings. The van der Waals surface area contributed by atoms with Gasteiger partial charge in [-0.1, -0.05) is 30.3 Å². The van der Waals surface area contributed by atoms with Crippen LogP contribution in [-0.2, 0) is 10.3 Å². The van der Waals surface area contributed by atoms with E-state index in [1.807, 2.05) is 30.3 Å². The van der Waals surface area contributed by atoms with E-state index in [2.05, 4.69) is 4.76 Å². The van der Waals surface area contributed by atoms with Crippen molar-refractivity contribution in [2.45, 2.75) is 5.75 Å². The first kappa shape index (κ1) is 10.5. The molecule has 1 rings (SSSR count). The quantitative estimate of drug-likeness (QED) is 0.476. The molecule has 1 aromatic carbocycles. The fraction of sp³-hybridized carbons (Fsp3) is 0.125. The van der Waals surface area contributed by atoms with Crippen molar-refractivity contribution in [1.29, 1.82) is 0 Å². The van der Waals surface area contributed by atoms with E-state index in [0.29, 0.717) is 0 Å². The van der Waals surface area contributed by atoms with Crippen LogP contribution in [-0.4, -0.2) is 10.4 Å². The van der Waals surface area contributed by atoms with Crippen molar-refractivity contribution in [2.24, 2.45) is 4.76 Å². The molecule has 0 aliphatic heterocycles. The Balaban J connectivity index is 2.32. The van der Waals surface area contributed by atoms with Crippen LogP contribution < -0.4 is 0 Å². The predicted molar refractivity (Wildman–Crippen MR) is 57.4 cm³/mol. The standard InChI is InChI=1S/C8H10NO2PS/c10-12(11)9-7-13-6-8-4-2-1-3-5-8/h1-5,7,12H,6H2,(H,10,11)/b9-7+. The predicted octanol–water partition coefficient (Wildman–Crippen LogP) is 2.33. The number of rotatable bonds is 4. The number of hydrogen-bond donors (Lipinski definition) is 1. The van der Waals surface area contributed by atoms with Gasteiger partial charge in [0.25, 0.3) is 0 Å². The Hall–Kier alpha value is -0.570. The lowest BCUT2D eigenvalue weighted by molar-refractivity contribution is 0.505. The molecule has 1 N–H and O–H groups in total. The van der Waals surface area contributed by atoms with Crippen molar-refractivity contribution in [1.82, 2.24) is 0 Å². The summed E-state index contributed by atoms with van der Waals surface area (Å²) in [5.41, 5.74) is 2.60. The molecule has 0 aliphatic carbocycles. The zero-order valence-corrected chi connectivity index (χ0v) is 8.70. The van der Waals surface area contributed by atoms with E-state index >= 15 is 0 Å². The third-order valence-corrected chi connectivity index (χ3v) is 2.62. The van der Waals surface area contributed by atoms with Crippen LogP contribution in [0.25, 0.3) is 0 Å². The molecule has 0 bridgehead atoms. The molecule has 5 heteroatoms. The van der Waals surface area contributed by atoms with Gasteiger partial charge in [-0.3, -0.25) is 4.57 Å². The summed E-state index contributed by atoms with van der Waals surface area (Å²) in [6.07, 6.45) is 0. The van der Waals surface area contributed by atoms with Crippen LogP contribution in [0.5, 0.6) is 0 Å². The minimum absolute atomic E-state index is 0.777. The Morgan fingerprint density at radius 2 is 2.15 bits per heavy atom. The van der Waals surface area contributed by atoms with Gasteiger partial charge in [0.15, 0.2) is 0 Å². The van der Waals surface area contributed by atoms with Gasteiger partial charge >= 0.3 is 8.18 Å². The van der Waals surface area contributed by atoms with Gasteiger partial charge in [-0.25, -0.2) is 4.76 Å². The van der Waals surface area contributed by atoms with Gasteiger partial charge in [0.2, 0.25) is 0 Å². The Bertz CT molecular complexity index is 302. The van der Waals surface area contributed by atoms with E-state index in [0.717, 1.165) is 5.75 Å². The van der Waals surface area contributed by atoms with E-state index in [9.17, 15) is 4.57 Å². The second kappa shape index (κ2) is 5.97. The fourth-order valence-electron chi connectivity index (χ4n) is 0.790. The van der Waals surface area contributed by atoms with Gasteiger partial charge in [-0.15, -0.1) is 11.8 Å². The summed E-state index contributed by atoms with van der Waals surface area (Å²) in [5, 5.41) is 0. The Labute approximate surface area is 81.8 Å². The molecule has 0 fully saturated rings. The summed E-state index contributed by atoms with van der Waals surface area (Å²) in [6.45, 7) is 0. The molecular weight excluding hydrogens is 205 g/mol. The lowest BCUT2D eigenvalue weighted by Crippen LogP contribution is -1.77. The summed E-state index contributed by atoms with van der Waals surface area (Å²) in [6, 6.07) is 9.88. The fourth-order valence-corrected chi connectivity index (χ4v) is 1.91. The number of nitrogens with zero attached hydrogens (tertiary/aromatic N) is 1. The Morgan fingerprint density at radius 3 is 2.77 bits per heavy atom. The molecule has 0 radical (unpaired) electrons. The van der Waals surface area contributed by atoms with Crippen LogP contribution in [0.4, 0.5) is 0 Å². The largest absolute Gasteiger partial charge is 0.330 e. The zero-order chi connectivity index (χ0) is 9.52. The lowest BCUT2D eigenvalue weighted by Gasteiger charge is -1.94. The molecule has 70 valence electrons. The first-order chi connectivity index (χ1) is 6.29. The average Bonchev–Trinajstić information content (AvgIpc) is 2.14. The van der Waals surface area contributed by atoms with Crippen LogP contribution in [0.3, 0.4) is 0 Å². The molecule has 0 spiro atoms. The normalized spacial score (nSPS) is 13.3. The topological polar surface area (TPSA) is 49.7 Å². The smallest absolute Gasteiger partial charge is 0.300 e. The second-order valence-electron chi connectivity index (χ2n) is 2.31. The van der Waals surface area contributed by atoms with Crippen molar-refractivity contribution >= 4 is 25.5 Å². The number of thioether (sulfide) groups is 1. The molecule has 1 unspecified atom stereocenters. The van der Waals surface area contributed by atoms with E-state index < -0.39 is 8.18 Å². The molecule has 3 nitrogen and oxygen atoms in total. The van der Waals surface area contributed by atoms with E-state index in [-0.39, 0.29) is 0 Å². The first-order valence-corrected chi connectivity index (χ1v) is 6.05. The van der Waals surface area contributed by atoms with Crippen LogP contribution in [0.2, 0.25) is 0 Å². The zero-order valence-electron chi connectivity index (χ0n) is 6.88. The van der Waals surface area contributed by atoms with Crippen molar-refractivity contribution in [2.75, 3.05) is 0 Å². The highest BCUT2D eigenvalue weighted by Gasteiger charge is 1.89. The summed E-state index contributed by atoms with van der Waals surface area (Å²) in [7, 11) is -2.69. The van der Waals surface area contributed by atoms with Crippen LogP contribution in [0, 0.1) is 0 Å². The molecule has 0 aromatic heterocycles. The summed E-state index contributed by atoms with van der Waals surface area (Å²) in [4.78, 5) is 8.38. The SMILES string of the molecule is O=[PH](O)/N=C/SCc1ccccc1. The molecule has 0 saturated carbocycles. The molecule has 0 heterocycles. The molecular formula is C8H10NO2PS. The van der Waals surface area contributed by atoms with Gasteiger partial charge in [0.05, 0.1) is 5.55 Å². The van der Waals surface area contributed by atoms with Crippen LogP contribution in [0.15, 0.2) is 35.1 Å². The third kappa shape index (κ3) is 4.88. The van der Waals surface area contributed by atoms with Gasteiger partial charge in [0, 0.05) is 5.75 Å². The van der Waals surface area contributed by atoms with Gasteiger partial charge in [-0.05, 0) is 5.56 Å². The highest BCUT2D eigenvalue weighted by molar-refractivity contribution is 8.11. The first-order valence-electron chi connectivity index (χ1n) is 3.70. The van der Waals surface area contributed by atoms with Crippen molar-refractivity contribution in [3.05, 3.63) is 35.9 Å².